The lowest BCUT2D eigenvalue weighted by molar-refractivity contribution is -0.167. The van der Waals surface area contributed by atoms with Gasteiger partial charge in [0.05, 0.1) is 5.03 Å². The molecule has 0 aromatic heterocycles. The molecule has 2 unspecified atom stereocenters. The van der Waals surface area contributed by atoms with Crippen LogP contribution in [0.1, 0.15) is 53.9 Å². The van der Waals surface area contributed by atoms with Gasteiger partial charge < -0.3 is 15.4 Å². The minimum absolute atomic E-state index is 0.167. The second kappa shape index (κ2) is 10.8. The molecule has 0 bridgehead atoms. The van der Waals surface area contributed by atoms with Crippen molar-refractivity contribution in [2.75, 3.05) is 6.54 Å². The van der Waals surface area contributed by atoms with Crippen molar-refractivity contribution in [3.8, 4) is 0 Å². The Morgan fingerprint density at radius 2 is 1.94 bits per heavy atom. The summed E-state index contributed by atoms with van der Waals surface area (Å²) in [6, 6.07) is 0. The Kier molecular flexibility index (Phi) is 8.61. The number of amides is 1. The van der Waals surface area contributed by atoms with Crippen LogP contribution in [0, 0.1) is 5.92 Å². The van der Waals surface area contributed by atoms with E-state index in [-0.39, 0.29) is 22.6 Å². The Labute approximate surface area is 199 Å². The van der Waals surface area contributed by atoms with Gasteiger partial charge in [-0.1, -0.05) is 49.6 Å². The van der Waals surface area contributed by atoms with Gasteiger partial charge in [0.1, 0.15) is 0 Å². The highest BCUT2D eigenvalue weighted by molar-refractivity contribution is 6.49. The highest BCUT2D eigenvalue weighted by Gasteiger charge is 2.52. The first-order valence-corrected chi connectivity index (χ1v) is 11.3. The Morgan fingerprint density at radius 1 is 1.27 bits per heavy atom. The molecule has 2 atom stereocenters. The van der Waals surface area contributed by atoms with Gasteiger partial charge in [0, 0.05) is 42.9 Å². The van der Waals surface area contributed by atoms with Crippen LogP contribution in [0.2, 0.25) is 0 Å². The first-order valence-electron chi connectivity index (χ1n) is 10.9. The minimum Gasteiger partial charge on any atom is -0.443 e. The number of carbonyl (C=O) groups is 4. The van der Waals surface area contributed by atoms with Gasteiger partial charge in [-0.3, -0.25) is 19.2 Å². The molecule has 0 fully saturated rings. The SMILES string of the molecule is CCC(C)/C=C(C)/C=C/C1=CC2=C(Cl)C(=O)C(C)(OC(C)=O)C(=O)C2=CN1CCCC(N)=O. The molecular weight excluding hydrogens is 444 g/mol. The van der Waals surface area contributed by atoms with Crippen LogP contribution < -0.4 is 5.73 Å². The molecule has 178 valence electrons. The molecule has 0 radical (unpaired) electrons. The molecule has 0 spiro atoms. The van der Waals surface area contributed by atoms with Crippen molar-refractivity contribution in [2.45, 2.75) is 59.5 Å². The lowest BCUT2D eigenvalue weighted by Gasteiger charge is -2.35. The van der Waals surface area contributed by atoms with Crippen LogP contribution in [0.25, 0.3) is 0 Å². The quantitative estimate of drug-likeness (QED) is 0.309. The van der Waals surface area contributed by atoms with E-state index < -0.39 is 29.0 Å². The summed E-state index contributed by atoms with van der Waals surface area (Å²) < 4.78 is 5.10. The van der Waals surface area contributed by atoms with Gasteiger partial charge in [0.15, 0.2) is 0 Å². The largest absolute Gasteiger partial charge is 0.443 e. The van der Waals surface area contributed by atoms with E-state index in [1.54, 1.807) is 17.2 Å². The van der Waals surface area contributed by atoms with Gasteiger partial charge in [-0.2, -0.15) is 0 Å². The Morgan fingerprint density at radius 3 is 2.52 bits per heavy atom. The summed E-state index contributed by atoms with van der Waals surface area (Å²) in [5.74, 6) is -2.15. The number of ether oxygens (including phenoxy) is 1. The summed E-state index contributed by atoms with van der Waals surface area (Å²) in [6.07, 6.45) is 10.9. The third-order valence-electron chi connectivity index (χ3n) is 5.62. The summed E-state index contributed by atoms with van der Waals surface area (Å²) in [7, 11) is 0. The van der Waals surface area contributed by atoms with E-state index in [1.807, 2.05) is 19.1 Å². The zero-order valence-corrected chi connectivity index (χ0v) is 20.5. The molecule has 1 aliphatic carbocycles. The summed E-state index contributed by atoms with van der Waals surface area (Å²) in [5.41, 5.74) is 5.47. The minimum atomic E-state index is -2.02. The molecule has 8 heteroatoms. The molecule has 2 N–H and O–H groups in total. The predicted molar refractivity (Wildman–Crippen MR) is 127 cm³/mol. The molecule has 33 heavy (non-hydrogen) atoms. The highest BCUT2D eigenvalue weighted by Crippen LogP contribution is 2.39. The highest BCUT2D eigenvalue weighted by atomic mass is 35.5. The number of Topliss-reactive ketones (excluding diaryl/α,β-unsaturated/α-hetero) is 2. The van der Waals surface area contributed by atoms with E-state index in [0.29, 0.717) is 24.6 Å². The number of rotatable bonds is 9. The smallest absolute Gasteiger partial charge is 0.304 e. The zero-order chi connectivity index (χ0) is 24.9. The third kappa shape index (κ3) is 6.11. The van der Waals surface area contributed by atoms with E-state index in [4.69, 9.17) is 22.1 Å². The van der Waals surface area contributed by atoms with Crippen LogP contribution in [0.3, 0.4) is 0 Å². The summed E-state index contributed by atoms with van der Waals surface area (Å²) in [6.45, 7) is 9.03. The number of primary amides is 1. The van der Waals surface area contributed by atoms with Gasteiger partial charge in [-0.15, -0.1) is 0 Å². The molecule has 7 nitrogen and oxygen atoms in total. The van der Waals surface area contributed by atoms with Crippen LogP contribution in [0.5, 0.6) is 0 Å². The predicted octanol–water partition coefficient (Wildman–Crippen LogP) is 3.85. The van der Waals surface area contributed by atoms with Crippen molar-refractivity contribution >= 4 is 35.0 Å². The van der Waals surface area contributed by atoms with E-state index >= 15 is 0 Å². The van der Waals surface area contributed by atoms with Crippen LogP contribution in [0.4, 0.5) is 0 Å². The van der Waals surface area contributed by atoms with E-state index in [9.17, 15) is 19.2 Å². The van der Waals surface area contributed by atoms with E-state index in [1.165, 1.54) is 6.92 Å². The van der Waals surface area contributed by atoms with Crippen molar-refractivity contribution in [3.63, 3.8) is 0 Å². The Balaban J connectivity index is 2.52. The average Bonchev–Trinajstić information content (AvgIpc) is 2.74. The van der Waals surface area contributed by atoms with Crippen molar-refractivity contribution in [1.82, 2.24) is 4.90 Å². The number of fused-ring (bicyclic) bond motifs is 1. The number of carbonyl (C=O) groups excluding carboxylic acids is 4. The molecule has 2 rings (SSSR count). The van der Waals surface area contributed by atoms with E-state index in [2.05, 4.69) is 19.9 Å². The first-order chi connectivity index (χ1) is 15.4. The molecule has 2 aliphatic rings. The second-order valence-electron chi connectivity index (χ2n) is 8.52. The zero-order valence-electron chi connectivity index (χ0n) is 19.7. The molecule has 1 aliphatic heterocycles. The number of esters is 1. The number of halogens is 1. The molecule has 1 amide bonds. The van der Waals surface area contributed by atoms with Crippen molar-refractivity contribution in [3.05, 3.63) is 58.0 Å². The number of allylic oxidation sites excluding steroid dienone is 6. The third-order valence-corrected chi connectivity index (χ3v) is 6.00. The average molecular weight is 475 g/mol. The van der Waals surface area contributed by atoms with Gasteiger partial charge in [0.2, 0.25) is 23.1 Å². The summed E-state index contributed by atoms with van der Waals surface area (Å²) in [5, 5.41) is -0.167. The maximum atomic E-state index is 13.2. The lowest BCUT2D eigenvalue weighted by Crippen LogP contribution is -2.52. The topological polar surface area (TPSA) is 107 Å². The fourth-order valence-corrected chi connectivity index (χ4v) is 3.98. The fraction of sp³-hybridized carbons (Fsp3) is 0.440. The number of ketones is 2. The standard InChI is InChI=1S/C25H31ClN2O5/c1-6-15(2)12-16(3)9-10-18-13-19-20(14-28(18)11-7-8-21(27)30)23(31)25(5,33-17(4)29)24(32)22(19)26/h9-10,12-15H,6-8,11H2,1-5H3,(H2,27,30)/b10-9+,16-12+. The Hall–Kier alpha value is -2.93. The van der Waals surface area contributed by atoms with Crippen LogP contribution in [-0.4, -0.2) is 40.5 Å². The van der Waals surface area contributed by atoms with Crippen LogP contribution >= 0.6 is 11.6 Å². The Bertz CT molecular complexity index is 1020. The normalized spacial score (nSPS) is 22.2. The number of hydrogen-bond acceptors (Lipinski definition) is 6. The fourth-order valence-electron chi connectivity index (χ4n) is 3.64. The van der Waals surface area contributed by atoms with Crippen molar-refractivity contribution in [1.29, 1.82) is 0 Å². The molecule has 0 aromatic carbocycles. The molecular formula is C25H31ClN2O5. The van der Waals surface area contributed by atoms with Gasteiger partial charge in [-0.25, -0.2) is 0 Å². The first kappa shape index (κ1) is 26.3. The lowest BCUT2D eigenvalue weighted by atomic mass is 9.79. The molecule has 0 aromatic rings. The summed E-state index contributed by atoms with van der Waals surface area (Å²) >= 11 is 6.37. The maximum absolute atomic E-state index is 13.2. The molecule has 1 heterocycles. The van der Waals surface area contributed by atoms with Crippen molar-refractivity contribution < 1.29 is 23.9 Å². The maximum Gasteiger partial charge on any atom is 0.304 e. The van der Waals surface area contributed by atoms with E-state index in [0.717, 1.165) is 18.9 Å². The van der Waals surface area contributed by atoms with Gasteiger partial charge in [-0.05, 0) is 38.3 Å². The van der Waals surface area contributed by atoms with Crippen LogP contribution in [-0.2, 0) is 23.9 Å². The van der Waals surface area contributed by atoms with Gasteiger partial charge >= 0.3 is 5.97 Å². The molecule has 0 saturated carbocycles. The second-order valence-corrected chi connectivity index (χ2v) is 8.90. The number of nitrogens with zero attached hydrogens (tertiary/aromatic N) is 1. The van der Waals surface area contributed by atoms with Gasteiger partial charge in [0.25, 0.3) is 0 Å². The monoisotopic (exact) mass is 474 g/mol. The molecule has 0 saturated heterocycles. The van der Waals surface area contributed by atoms with Crippen molar-refractivity contribution in [2.24, 2.45) is 11.7 Å². The summed E-state index contributed by atoms with van der Waals surface area (Å²) in [4.78, 5) is 50.6. The number of hydrogen-bond donors (Lipinski definition) is 1. The van der Waals surface area contributed by atoms with Crippen LogP contribution in [0.15, 0.2) is 58.0 Å². The number of nitrogens with two attached hydrogens (primary N) is 1.